The van der Waals surface area contributed by atoms with Gasteiger partial charge < -0.3 is 5.32 Å². The van der Waals surface area contributed by atoms with Crippen LogP contribution in [-0.4, -0.2) is 12.6 Å². The van der Waals surface area contributed by atoms with Crippen LogP contribution in [0.1, 0.15) is 40.5 Å². The van der Waals surface area contributed by atoms with E-state index in [0.29, 0.717) is 6.04 Å². The Labute approximate surface area is 77.2 Å². The largest absolute Gasteiger partial charge is 0.311 e. The summed E-state index contributed by atoms with van der Waals surface area (Å²) in [6.45, 7) is 9.89. The molecule has 0 amide bonds. The minimum Gasteiger partial charge on any atom is -0.311 e. The van der Waals surface area contributed by atoms with Crippen molar-refractivity contribution in [2.75, 3.05) is 6.54 Å². The third-order valence-corrected chi connectivity index (χ3v) is 2.27. The predicted molar refractivity (Wildman–Crippen MR) is 56.4 cm³/mol. The molecule has 0 fully saturated rings. The minimum absolute atomic E-state index is 0.649. The molecule has 0 saturated carbocycles. The summed E-state index contributed by atoms with van der Waals surface area (Å²) >= 11 is 0. The van der Waals surface area contributed by atoms with Gasteiger partial charge in [0.1, 0.15) is 0 Å². The van der Waals surface area contributed by atoms with Crippen molar-refractivity contribution in [3.63, 3.8) is 0 Å². The lowest BCUT2D eigenvalue weighted by Gasteiger charge is -2.16. The Morgan fingerprint density at radius 2 is 2.00 bits per heavy atom. The van der Waals surface area contributed by atoms with Crippen molar-refractivity contribution in [2.45, 2.75) is 46.6 Å². The first kappa shape index (κ1) is 11.7. The Kier molecular flexibility index (Phi) is 7.17. The zero-order valence-corrected chi connectivity index (χ0v) is 8.93. The summed E-state index contributed by atoms with van der Waals surface area (Å²) < 4.78 is 0. The highest BCUT2D eigenvalue weighted by molar-refractivity contribution is 4.80. The average Bonchev–Trinajstić information content (AvgIpc) is 2.05. The summed E-state index contributed by atoms with van der Waals surface area (Å²) in [5.74, 6) is 0.845. The number of hydrogen-bond donors (Lipinski definition) is 1. The first-order chi connectivity index (χ1) is 5.70. The molecular formula is C11H23N. The Morgan fingerprint density at radius 3 is 2.50 bits per heavy atom. The van der Waals surface area contributed by atoms with Gasteiger partial charge in [-0.25, -0.2) is 0 Å². The maximum atomic E-state index is 3.46. The van der Waals surface area contributed by atoms with E-state index < -0.39 is 0 Å². The number of allylic oxidation sites excluding steroid dienone is 1. The molecule has 0 saturated heterocycles. The standard InChI is InChI=1S/C11H23N/c1-5-7-8-12-11(4)9-10(3)6-2/h5,7,10-12H,6,8-9H2,1-4H3/b7-5+. The first-order valence-corrected chi connectivity index (χ1v) is 5.05. The molecule has 0 aliphatic rings. The van der Waals surface area contributed by atoms with Gasteiger partial charge >= 0.3 is 0 Å². The quantitative estimate of drug-likeness (QED) is 0.603. The fraction of sp³-hybridized carbons (Fsp3) is 0.818. The summed E-state index contributed by atoms with van der Waals surface area (Å²) in [7, 11) is 0. The molecular weight excluding hydrogens is 146 g/mol. The highest BCUT2D eigenvalue weighted by Crippen LogP contribution is 2.08. The van der Waals surface area contributed by atoms with Gasteiger partial charge in [0, 0.05) is 12.6 Å². The lowest BCUT2D eigenvalue weighted by atomic mass is 10.0. The SMILES string of the molecule is C/C=C/CNC(C)CC(C)CC. The van der Waals surface area contributed by atoms with Crippen LogP contribution in [0.15, 0.2) is 12.2 Å². The van der Waals surface area contributed by atoms with Crippen molar-refractivity contribution in [3.8, 4) is 0 Å². The fourth-order valence-corrected chi connectivity index (χ4v) is 1.24. The van der Waals surface area contributed by atoms with Crippen molar-refractivity contribution in [1.29, 1.82) is 0 Å². The molecule has 0 aromatic rings. The van der Waals surface area contributed by atoms with Crippen LogP contribution in [0.5, 0.6) is 0 Å². The Hall–Kier alpha value is -0.300. The molecule has 1 nitrogen and oxygen atoms in total. The van der Waals surface area contributed by atoms with Crippen LogP contribution in [0.25, 0.3) is 0 Å². The maximum absolute atomic E-state index is 3.46. The van der Waals surface area contributed by atoms with Crippen LogP contribution >= 0.6 is 0 Å². The molecule has 1 N–H and O–H groups in total. The van der Waals surface area contributed by atoms with Crippen LogP contribution in [0.2, 0.25) is 0 Å². The molecule has 0 radical (unpaired) electrons. The molecule has 1 heteroatoms. The van der Waals surface area contributed by atoms with Crippen molar-refractivity contribution in [1.82, 2.24) is 5.32 Å². The molecule has 72 valence electrons. The van der Waals surface area contributed by atoms with Gasteiger partial charge in [0.25, 0.3) is 0 Å². The summed E-state index contributed by atoms with van der Waals surface area (Å²) in [5.41, 5.74) is 0. The summed E-state index contributed by atoms with van der Waals surface area (Å²) in [6.07, 6.45) is 6.82. The van der Waals surface area contributed by atoms with Gasteiger partial charge in [-0.3, -0.25) is 0 Å². The van der Waals surface area contributed by atoms with E-state index in [2.05, 4.69) is 45.2 Å². The van der Waals surface area contributed by atoms with Gasteiger partial charge in [-0.15, -0.1) is 0 Å². The zero-order chi connectivity index (χ0) is 9.40. The van der Waals surface area contributed by atoms with E-state index in [1.807, 2.05) is 0 Å². The molecule has 0 heterocycles. The normalized spacial score (nSPS) is 16.7. The zero-order valence-electron chi connectivity index (χ0n) is 8.93. The van der Waals surface area contributed by atoms with Crippen LogP contribution < -0.4 is 5.32 Å². The maximum Gasteiger partial charge on any atom is 0.0137 e. The third kappa shape index (κ3) is 6.41. The second-order valence-electron chi connectivity index (χ2n) is 3.63. The predicted octanol–water partition coefficient (Wildman–Crippen LogP) is 2.98. The van der Waals surface area contributed by atoms with Gasteiger partial charge in [-0.1, -0.05) is 32.4 Å². The van der Waals surface area contributed by atoms with Crippen LogP contribution in [0.3, 0.4) is 0 Å². The molecule has 0 bridgehead atoms. The van der Waals surface area contributed by atoms with Gasteiger partial charge in [0.2, 0.25) is 0 Å². The highest BCUT2D eigenvalue weighted by Gasteiger charge is 2.04. The van der Waals surface area contributed by atoms with Crippen molar-refractivity contribution < 1.29 is 0 Å². The van der Waals surface area contributed by atoms with E-state index in [1.54, 1.807) is 0 Å². The molecule has 2 unspecified atom stereocenters. The van der Waals surface area contributed by atoms with E-state index in [9.17, 15) is 0 Å². The minimum atomic E-state index is 0.649. The van der Waals surface area contributed by atoms with Crippen molar-refractivity contribution >= 4 is 0 Å². The summed E-state index contributed by atoms with van der Waals surface area (Å²) in [6, 6.07) is 0.649. The molecule has 0 aromatic carbocycles. The lowest BCUT2D eigenvalue weighted by Crippen LogP contribution is -2.27. The first-order valence-electron chi connectivity index (χ1n) is 5.05. The molecule has 0 aliphatic carbocycles. The van der Waals surface area contributed by atoms with Gasteiger partial charge in [0.15, 0.2) is 0 Å². The second-order valence-corrected chi connectivity index (χ2v) is 3.63. The molecule has 0 aliphatic heterocycles. The molecule has 0 spiro atoms. The van der Waals surface area contributed by atoms with Gasteiger partial charge in [0.05, 0.1) is 0 Å². The van der Waals surface area contributed by atoms with E-state index >= 15 is 0 Å². The third-order valence-electron chi connectivity index (χ3n) is 2.27. The highest BCUT2D eigenvalue weighted by atomic mass is 14.9. The van der Waals surface area contributed by atoms with Crippen LogP contribution in [0, 0.1) is 5.92 Å². The van der Waals surface area contributed by atoms with E-state index in [1.165, 1.54) is 12.8 Å². The van der Waals surface area contributed by atoms with Gasteiger partial charge in [-0.05, 0) is 26.2 Å². The van der Waals surface area contributed by atoms with Crippen molar-refractivity contribution in [2.24, 2.45) is 5.92 Å². The van der Waals surface area contributed by atoms with Crippen molar-refractivity contribution in [3.05, 3.63) is 12.2 Å². The molecule has 0 rings (SSSR count). The van der Waals surface area contributed by atoms with E-state index in [4.69, 9.17) is 0 Å². The van der Waals surface area contributed by atoms with Crippen LogP contribution in [0.4, 0.5) is 0 Å². The summed E-state index contributed by atoms with van der Waals surface area (Å²) in [4.78, 5) is 0. The molecule has 2 atom stereocenters. The second kappa shape index (κ2) is 7.35. The van der Waals surface area contributed by atoms with Crippen LogP contribution in [-0.2, 0) is 0 Å². The Balaban J connectivity index is 3.38. The number of hydrogen-bond acceptors (Lipinski definition) is 1. The number of rotatable bonds is 6. The van der Waals surface area contributed by atoms with Gasteiger partial charge in [-0.2, -0.15) is 0 Å². The average molecular weight is 169 g/mol. The number of nitrogens with one attached hydrogen (secondary N) is 1. The fourth-order valence-electron chi connectivity index (χ4n) is 1.24. The summed E-state index contributed by atoms with van der Waals surface area (Å²) in [5, 5.41) is 3.46. The monoisotopic (exact) mass is 169 g/mol. The van der Waals surface area contributed by atoms with E-state index in [-0.39, 0.29) is 0 Å². The molecule has 0 aromatic heterocycles. The topological polar surface area (TPSA) is 12.0 Å². The lowest BCUT2D eigenvalue weighted by molar-refractivity contribution is 0.424. The smallest absolute Gasteiger partial charge is 0.0137 e. The Bertz CT molecular complexity index is 118. The van der Waals surface area contributed by atoms with E-state index in [0.717, 1.165) is 12.5 Å². The Morgan fingerprint density at radius 1 is 1.33 bits per heavy atom. The molecule has 12 heavy (non-hydrogen) atoms.